The van der Waals surface area contributed by atoms with Gasteiger partial charge in [0.05, 0.1) is 11.4 Å². The van der Waals surface area contributed by atoms with E-state index in [0.717, 1.165) is 0 Å². The molecule has 0 bridgehead atoms. The zero-order chi connectivity index (χ0) is 24.1. The first kappa shape index (κ1) is 22.6. The predicted molar refractivity (Wildman–Crippen MR) is 121 cm³/mol. The van der Waals surface area contributed by atoms with Crippen molar-refractivity contribution in [3.05, 3.63) is 78.2 Å². The van der Waals surface area contributed by atoms with Gasteiger partial charge in [-0.3, -0.25) is 19.4 Å². The zero-order valence-corrected chi connectivity index (χ0v) is 18.0. The lowest BCUT2D eigenvalue weighted by Gasteiger charge is -2.05. The zero-order valence-electron chi connectivity index (χ0n) is 18.0. The van der Waals surface area contributed by atoms with Gasteiger partial charge in [-0.25, -0.2) is 0 Å². The molecule has 4 aromatic rings. The third-order valence-electron chi connectivity index (χ3n) is 4.78. The average Bonchev–Trinajstić information content (AvgIpc) is 3.47. The van der Waals surface area contributed by atoms with E-state index in [1.165, 1.54) is 22.9 Å². The number of anilines is 2. The van der Waals surface area contributed by atoms with Crippen LogP contribution in [0.5, 0.6) is 5.75 Å². The number of hydrogen-bond donors (Lipinski definition) is 3. The molecule has 0 saturated heterocycles. The van der Waals surface area contributed by atoms with Crippen LogP contribution in [0.15, 0.2) is 66.9 Å². The molecule has 0 aliphatic carbocycles. The Morgan fingerprint density at radius 3 is 2.47 bits per heavy atom. The molecular weight excluding hydrogens is 446 g/mol. The van der Waals surface area contributed by atoms with Gasteiger partial charge < -0.3 is 15.4 Å². The highest BCUT2D eigenvalue weighted by atomic mass is 19.3. The number of aromatic amines is 1. The minimum Gasteiger partial charge on any atom is -0.435 e. The van der Waals surface area contributed by atoms with Crippen LogP contribution in [0.25, 0.3) is 11.3 Å². The standard InChI is InChI=1S/C23H20F2N6O3/c1-2-31-13-19(20(30-31)22(33)26-15-6-4-3-5-7-15)27-21(32)18-12-17(28-29-18)14-8-10-16(11-9-14)34-23(24)25/h3-13,23H,2H2,1H3,(H,26,33)(H,27,32)(H,28,29). The van der Waals surface area contributed by atoms with Gasteiger partial charge in [-0.15, -0.1) is 0 Å². The lowest BCUT2D eigenvalue weighted by Crippen LogP contribution is -2.18. The smallest absolute Gasteiger partial charge is 0.387 e. The van der Waals surface area contributed by atoms with Crippen LogP contribution in [0.1, 0.15) is 27.9 Å². The van der Waals surface area contributed by atoms with Crippen LogP contribution < -0.4 is 15.4 Å². The minimum absolute atomic E-state index is 0.0153. The van der Waals surface area contributed by atoms with Crippen molar-refractivity contribution in [1.82, 2.24) is 20.0 Å². The maximum atomic E-state index is 12.8. The number of nitrogens with zero attached hydrogens (tertiary/aromatic N) is 3. The molecule has 0 radical (unpaired) electrons. The molecule has 4 rings (SSSR count). The van der Waals surface area contributed by atoms with E-state index in [1.54, 1.807) is 42.6 Å². The summed E-state index contributed by atoms with van der Waals surface area (Å²) in [6.45, 7) is -0.555. The van der Waals surface area contributed by atoms with Crippen LogP contribution in [0.2, 0.25) is 0 Å². The number of ether oxygens (including phenoxy) is 1. The second-order valence-corrected chi connectivity index (χ2v) is 7.09. The van der Waals surface area contributed by atoms with E-state index < -0.39 is 18.4 Å². The first-order valence-corrected chi connectivity index (χ1v) is 10.3. The van der Waals surface area contributed by atoms with Crippen molar-refractivity contribution < 1.29 is 23.1 Å². The summed E-state index contributed by atoms with van der Waals surface area (Å²) in [5.74, 6) is -0.979. The fraction of sp³-hybridized carbons (Fsp3) is 0.130. The Balaban J connectivity index is 1.49. The molecule has 3 N–H and O–H groups in total. The molecule has 2 amide bonds. The molecule has 0 unspecified atom stereocenters. The molecule has 9 nitrogen and oxygen atoms in total. The van der Waals surface area contributed by atoms with Crippen molar-refractivity contribution in [2.75, 3.05) is 10.6 Å². The molecule has 174 valence electrons. The fourth-order valence-corrected chi connectivity index (χ4v) is 3.14. The Kier molecular flexibility index (Phi) is 6.62. The second-order valence-electron chi connectivity index (χ2n) is 7.09. The molecule has 0 aliphatic rings. The van der Waals surface area contributed by atoms with Crippen LogP contribution in [0.4, 0.5) is 20.2 Å². The average molecular weight is 466 g/mol. The molecule has 0 atom stereocenters. The minimum atomic E-state index is -2.91. The Morgan fingerprint density at radius 2 is 1.79 bits per heavy atom. The Morgan fingerprint density at radius 1 is 1.06 bits per heavy atom. The number of aryl methyl sites for hydroxylation is 1. The highest BCUT2D eigenvalue weighted by molar-refractivity contribution is 6.11. The van der Waals surface area contributed by atoms with Gasteiger partial charge in [0, 0.05) is 24.0 Å². The van der Waals surface area contributed by atoms with Gasteiger partial charge in [0.2, 0.25) is 0 Å². The van der Waals surface area contributed by atoms with Crippen molar-refractivity contribution in [3.63, 3.8) is 0 Å². The molecule has 0 spiro atoms. The number of H-pyrrole nitrogens is 1. The summed E-state index contributed by atoms with van der Waals surface area (Å²) in [6.07, 6.45) is 1.57. The predicted octanol–water partition coefficient (Wildman–Crippen LogP) is 4.40. The maximum absolute atomic E-state index is 12.8. The SMILES string of the molecule is CCn1cc(NC(=O)c2cc(-c3ccc(OC(F)F)cc3)n[nH]2)c(C(=O)Nc2ccccc2)n1. The number of amides is 2. The van der Waals surface area contributed by atoms with Crippen molar-refractivity contribution >= 4 is 23.2 Å². The van der Waals surface area contributed by atoms with Crippen molar-refractivity contribution in [2.24, 2.45) is 0 Å². The topological polar surface area (TPSA) is 114 Å². The molecule has 2 aromatic carbocycles. The lowest BCUT2D eigenvalue weighted by molar-refractivity contribution is -0.0498. The number of rotatable bonds is 8. The van der Waals surface area contributed by atoms with Crippen LogP contribution in [0.3, 0.4) is 0 Å². The van der Waals surface area contributed by atoms with E-state index >= 15 is 0 Å². The summed E-state index contributed by atoms with van der Waals surface area (Å²) >= 11 is 0. The number of hydrogen-bond acceptors (Lipinski definition) is 5. The van der Waals surface area contributed by atoms with Gasteiger partial charge in [0.25, 0.3) is 11.8 Å². The van der Waals surface area contributed by atoms with Gasteiger partial charge in [-0.05, 0) is 49.4 Å². The van der Waals surface area contributed by atoms with Gasteiger partial charge in [0.1, 0.15) is 11.4 Å². The number of carbonyl (C=O) groups excluding carboxylic acids is 2. The molecule has 11 heteroatoms. The summed E-state index contributed by atoms with van der Waals surface area (Å²) < 4.78 is 30.5. The Hall–Kier alpha value is -4.54. The number of nitrogens with one attached hydrogen (secondary N) is 3. The van der Waals surface area contributed by atoms with Crippen LogP contribution in [-0.4, -0.2) is 38.4 Å². The van der Waals surface area contributed by atoms with Crippen molar-refractivity contribution in [2.45, 2.75) is 20.1 Å². The Labute approximate surface area is 192 Å². The summed E-state index contributed by atoms with van der Waals surface area (Å²) in [7, 11) is 0. The van der Waals surface area contributed by atoms with Crippen LogP contribution in [-0.2, 0) is 6.54 Å². The van der Waals surface area contributed by atoms with Crippen LogP contribution in [0, 0.1) is 0 Å². The summed E-state index contributed by atoms with van der Waals surface area (Å²) in [5, 5.41) is 16.4. The number of carbonyl (C=O) groups is 2. The monoisotopic (exact) mass is 466 g/mol. The maximum Gasteiger partial charge on any atom is 0.387 e. The third-order valence-corrected chi connectivity index (χ3v) is 4.78. The summed E-state index contributed by atoms with van der Waals surface area (Å²) in [6, 6.07) is 16.3. The van der Waals surface area contributed by atoms with Gasteiger partial charge >= 0.3 is 6.61 Å². The lowest BCUT2D eigenvalue weighted by atomic mass is 10.1. The van der Waals surface area contributed by atoms with E-state index in [1.807, 2.05) is 13.0 Å². The highest BCUT2D eigenvalue weighted by Crippen LogP contribution is 2.23. The normalized spacial score (nSPS) is 10.8. The fourth-order valence-electron chi connectivity index (χ4n) is 3.14. The number of benzene rings is 2. The number of alkyl halides is 2. The molecule has 2 heterocycles. The number of para-hydroxylation sites is 1. The third kappa shape index (κ3) is 5.26. The van der Waals surface area contributed by atoms with E-state index in [0.29, 0.717) is 23.5 Å². The summed E-state index contributed by atoms with van der Waals surface area (Å²) in [4.78, 5) is 25.6. The molecule has 0 aliphatic heterocycles. The molecule has 34 heavy (non-hydrogen) atoms. The van der Waals surface area contributed by atoms with E-state index in [-0.39, 0.29) is 22.8 Å². The van der Waals surface area contributed by atoms with E-state index in [4.69, 9.17) is 0 Å². The summed E-state index contributed by atoms with van der Waals surface area (Å²) in [5.41, 5.74) is 2.07. The van der Waals surface area contributed by atoms with Gasteiger partial charge in [-0.1, -0.05) is 18.2 Å². The largest absolute Gasteiger partial charge is 0.435 e. The van der Waals surface area contributed by atoms with Crippen molar-refractivity contribution in [1.29, 1.82) is 0 Å². The second kappa shape index (κ2) is 9.94. The highest BCUT2D eigenvalue weighted by Gasteiger charge is 2.20. The molecular formula is C23H20F2N6O3. The first-order chi connectivity index (χ1) is 16.4. The van der Waals surface area contributed by atoms with Gasteiger partial charge in [0.15, 0.2) is 5.69 Å². The number of halogens is 2. The quantitative estimate of drug-likeness (QED) is 0.356. The van der Waals surface area contributed by atoms with E-state index in [9.17, 15) is 18.4 Å². The van der Waals surface area contributed by atoms with Crippen LogP contribution >= 0.6 is 0 Å². The Bertz CT molecular complexity index is 1290. The number of aromatic nitrogens is 4. The molecule has 2 aromatic heterocycles. The molecule has 0 fully saturated rings. The van der Waals surface area contributed by atoms with Gasteiger partial charge in [-0.2, -0.15) is 19.0 Å². The van der Waals surface area contributed by atoms with E-state index in [2.05, 4.69) is 30.7 Å². The first-order valence-electron chi connectivity index (χ1n) is 10.3. The molecule has 0 saturated carbocycles. The van der Waals surface area contributed by atoms with Crippen molar-refractivity contribution in [3.8, 4) is 17.0 Å².